The molecule has 152 valence electrons. The quantitative estimate of drug-likeness (QED) is 0.308. The molecule has 4 rings (SSSR count). The summed E-state index contributed by atoms with van der Waals surface area (Å²) in [5.74, 6) is 0.881. The fraction of sp³-hybridized carbons (Fsp3) is 0.292. The predicted molar refractivity (Wildman–Crippen MR) is 134 cm³/mol. The SMILES string of the molecule is CN=C(NCc1cccc2ccccc12)NC1CCN(c2ccccc2)CC1.I. The van der Waals surface area contributed by atoms with E-state index in [0.717, 1.165) is 38.4 Å². The normalized spacial score (nSPS) is 15.1. The number of benzene rings is 3. The first-order valence-electron chi connectivity index (χ1n) is 10.1. The highest BCUT2D eigenvalue weighted by Gasteiger charge is 2.20. The number of fused-ring (bicyclic) bond motifs is 1. The molecule has 1 fully saturated rings. The molecule has 3 aromatic carbocycles. The molecule has 2 N–H and O–H groups in total. The number of rotatable bonds is 4. The Morgan fingerprint density at radius 3 is 2.38 bits per heavy atom. The van der Waals surface area contributed by atoms with Gasteiger partial charge in [-0.15, -0.1) is 24.0 Å². The monoisotopic (exact) mass is 500 g/mol. The predicted octanol–water partition coefficient (Wildman–Crippen LogP) is 4.79. The van der Waals surface area contributed by atoms with Crippen LogP contribution in [0.2, 0.25) is 0 Å². The highest BCUT2D eigenvalue weighted by Crippen LogP contribution is 2.20. The highest BCUT2D eigenvalue weighted by atomic mass is 127. The van der Waals surface area contributed by atoms with Gasteiger partial charge in [0.15, 0.2) is 5.96 Å². The molecule has 0 saturated carbocycles. The molecule has 5 heteroatoms. The van der Waals surface area contributed by atoms with Crippen LogP contribution in [0, 0.1) is 0 Å². The van der Waals surface area contributed by atoms with Crippen LogP contribution >= 0.6 is 24.0 Å². The van der Waals surface area contributed by atoms with Crippen LogP contribution in [0.25, 0.3) is 10.8 Å². The van der Waals surface area contributed by atoms with Gasteiger partial charge >= 0.3 is 0 Å². The number of aliphatic imine (C=N–C) groups is 1. The summed E-state index contributed by atoms with van der Waals surface area (Å²) in [5, 5.41) is 9.67. The van der Waals surface area contributed by atoms with Crippen LogP contribution < -0.4 is 15.5 Å². The van der Waals surface area contributed by atoms with Gasteiger partial charge in [-0.2, -0.15) is 0 Å². The minimum atomic E-state index is 0. The van der Waals surface area contributed by atoms with Crippen molar-refractivity contribution in [2.75, 3.05) is 25.0 Å². The first-order valence-corrected chi connectivity index (χ1v) is 10.1. The minimum Gasteiger partial charge on any atom is -0.371 e. The van der Waals surface area contributed by atoms with Gasteiger partial charge in [0.25, 0.3) is 0 Å². The Morgan fingerprint density at radius 2 is 1.62 bits per heavy atom. The first kappa shape index (κ1) is 21.4. The molecule has 29 heavy (non-hydrogen) atoms. The maximum absolute atomic E-state index is 4.44. The van der Waals surface area contributed by atoms with Gasteiger partial charge in [0.2, 0.25) is 0 Å². The number of nitrogens with zero attached hydrogens (tertiary/aromatic N) is 2. The smallest absolute Gasteiger partial charge is 0.191 e. The van der Waals surface area contributed by atoms with Crippen molar-refractivity contribution in [1.82, 2.24) is 10.6 Å². The maximum atomic E-state index is 4.44. The topological polar surface area (TPSA) is 39.7 Å². The zero-order valence-electron chi connectivity index (χ0n) is 16.8. The van der Waals surface area contributed by atoms with Crippen molar-refractivity contribution in [1.29, 1.82) is 0 Å². The van der Waals surface area contributed by atoms with Gasteiger partial charge in [0.05, 0.1) is 0 Å². The fourth-order valence-electron chi connectivity index (χ4n) is 3.93. The average molecular weight is 500 g/mol. The van der Waals surface area contributed by atoms with Gasteiger partial charge in [-0.25, -0.2) is 0 Å². The van der Waals surface area contributed by atoms with Crippen molar-refractivity contribution in [3.8, 4) is 0 Å². The van der Waals surface area contributed by atoms with E-state index >= 15 is 0 Å². The molecule has 1 aliphatic rings. The van der Waals surface area contributed by atoms with Gasteiger partial charge in [-0.1, -0.05) is 60.7 Å². The van der Waals surface area contributed by atoms with Crippen molar-refractivity contribution in [2.45, 2.75) is 25.4 Å². The van der Waals surface area contributed by atoms with Gasteiger partial charge in [-0.05, 0) is 41.3 Å². The van der Waals surface area contributed by atoms with E-state index in [1.807, 2.05) is 7.05 Å². The second kappa shape index (κ2) is 10.5. The third-order valence-electron chi connectivity index (χ3n) is 5.51. The third-order valence-corrected chi connectivity index (χ3v) is 5.51. The van der Waals surface area contributed by atoms with E-state index in [0.29, 0.717) is 6.04 Å². The van der Waals surface area contributed by atoms with Crippen LogP contribution in [0.3, 0.4) is 0 Å². The fourth-order valence-corrected chi connectivity index (χ4v) is 3.93. The molecule has 0 bridgehead atoms. The standard InChI is InChI=1S/C24H28N4.HI/c1-25-24(26-18-20-10-7-9-19-8-5-6-13-23(19)20)27-21-14-16-28(17-15-21)22-11-3-2-4-12-22;/h2-13,21H,14-18H2,1H3,(H2,25,26,27);1H. The average Bonchev–Trinajstić information content (AvgIpc) is 2.77. The van der Waals surface area contributed by atoms with Crippen molar-refractivity contribution >= 4 is 46.4 Å². The van der Waals surface area contributed by atoms with E-state index in [4.69, 9.17) is 0 Å². The molecule has 0 amide bonds. The number of hydrogen-bond donors (Lipinski definition) is 2. The van der Waals surface area contributed by atoms with E-state index in [1.54, 1.807) is 0 Å². The van der Waals surface area contributed by atoms with Crippen molar-refractivity contribution in [3.63, 3.8) is 0 Å². The van der Waals surface area contributed by atoms with Crippen LogP contribution in [0.5, 0.6) is 0 Å². The van der Waals surface area contributed by atoms with Gasteiger partial charge in [0.1, 0.15) is 0 Å². The molecule has 0 atom stereocenters. The molecule has 3 aromatic rings. The molecule has 4 nitrogen and oxygen atoms in total. The summed E-state index contributed by atoms with van der Waals surface area (Å²) in [6.07, 6.45) is 2.23. The van der Waals surface area contributed by atoms with E-state index < -0.39 is 0 Å². The Balaban J connectivity index is 0.00000240. The Bertz CT molecular complexity index is 929. The number of hydrogen-bond acceptors (Lipinski definition) is 2. The van der Waals surface area contributed by atoms with Crippen LogP contribution in [0.4, 0.5) is 5.69 Å². The molecular formula is C24H29IN4. The Labute approximate surface area is 190 Å². The molecule has 0 unspecified atom stereocenters. The second-order valence-corrected chi connectivity index (χ2v) is 7.31. The lowest BCUT2D eigenvalue weighted by atomic mass is 10.0. The van der Waals surface area contributed by atoms with Crippen molar-refractivity contribution in [2.24, 2.45) is 4.99 Å². The van der Waals surface area contributed by atoms with Crippen LogP contribution in [0.15, 0.2) is 77.8 Å². The first-order chi connectivity index (χ1) is 13.8. The Morgan fingerprint density at radius 1 is 0.931 bits per heavy atom. The Hall–Kier alpha value is -2.28. The minimum absolute atomic E-state index is 0. The summed E-state index contributed by atoms with van der Waals surface area (Å²) < 4.78 is 0. The van der Waals surface area contributed by atoms with Gasteiger partial charge in [-0.3, -0.25) is 4.99 Å². The molecule has 1 saturated heterocycles. The van der Waals surface area contributed by atoms with Gasteiger partial charge < -0.3 is 15.5 Å². The maximum Gasteiger partial charge on any atom is 0.191 e. The number of piperidine rings is 1. The number of halogens is 1. The summed E-state index contributed by atoms with van der Waals surface area (Å²) in [6.45, 7) is 2.91. The lowest BCUT2D eigenvalue weighted by Crippen LogP contribution is -2.48. The van der Waals surface area contributed by atoms with Crippen LogP contribution in [-0.2, 0) is 6.54 Å². The molecule has 1 aliphatic heterocycles. The zero-order valence-corrected chi connectivity index (χ0v) is 19.2. The summed E-state index contributed by atoms with van der Waals surface area (Å²) in [7, 11) is 1.84. The van der Waals surface area contributed by atoms with Crippen LogP contribution in [0.1, 0.15) is 18.4 Å². The number of nitrogens with one attached hydrogen (secondary N) is 2. The molecule has 1 heterocycles. The summed E-state index contributed by atoms with van der Waals surface area (Å²) in [4.78, 5) is 6.90. The molecule has 0 radical (unpaired) electrons. The van der Waals surface area contributed by atoms with Crippen LogP contribution in [-0.4, -0.2) is 32.1 Å². The highest BCUT2D eigenvalue weighted by molar-refractivity contribution is 14.0. The summed E-state index contributed by atoms with van der Waals surface area (Å²) >= 11 is 0. The number of anilines is 1. The number of guanidine groups is 1. The van der Waals surface area contributed by atoms with Crippen molar-refractivity contribution < 1.29 is 0 Å². The third kappa shape index (κ3) is 5.41. The lowest BCUT2D eigenvalue weighted by Gasteiger charge is -2.34. The molecular weight excluding hydrogens is 471 g/mol. The van der Waals surface area contributed by atoms with Gasteiger partial charge in [0, 0.05) is 38.4 Å². The van der Waals surface area contributed by atoms with E-state index in [1.165, 1.54) is 22.0 Å². The Kier molecular flexibility index (Phi) is 7.75. The lowest BCUT2D eigenvalue weighted by molar-refractivity contribution is 0.461. The zero-order chi connectivity index (χ0) is 19.2. The van der Waals surface area contributed by atoms with E-state index in [-0.39, 0.29) is 24.0 Å². The molecule has 0 spiro atoms. The summed E-state index contributed by atoms with van der Waals surface area (Å²) in [6, 6.07) is 26.1. The molecule has 0 aliphatic carbocycles. The summed E-state index contributed by atoms with van der Waals surface area (Å²) in [5.41, 5.74) is 2.61. The van der Waals surface area contributed by atoms with Crippen molar-refractivity contribution in [3.05, 3.63) is 78.4 Å². The number of para-hydroxylation sites is 1. The van der Waals surface area contributed by atoms with E-state index in [2.05, 4.69) is 93.3 Å². The molecule has 0 aromatic heterocycles. The van der Waals surface area contributed by atoms with E-state index in [9.17, 15) is 0 Å². The second-order valence-electron chi connectivity index (χ2n) is 7.31. The largest absolute Gasteiger partial charge is 0.371 e.